The maximum absolute atomic E-state index is 12.1. The Morgan fingerprint density at radius 2 is 2.06 bits per heavy atom. The monoisotopic (exact) mass is 465 g/mol. The van der Waals surface area contributed by atoms with Crippen LogP contribution in [0.15, 0.2) is 47.4 Å². The number of nitrogens with one attached hydrogen (secondary N) is 1. The first-order valence-corrected chi connectivity index (χ1v) is 11.3. The second-order valence-corrected chi connectivity index (χ2v) is 8.43. The lowest BCUT2D eigenvalue weighted by atomic mass is 10.1. The molecule has 0 bridgehead atoms. The molecular weight excluding hydrogens is 446 g/mol. The van der Waals surface area contributed by atoms with Crippen molar-refractivity contribution >= 4 is 39.9 Å². The molecule has 162 valence electrons. The first-order chi connectivity index (χ1) is 15.5. The van der Waals surface area contributed by atoms with E-state index in [0.717, 1.165) is 27.5 Å². The second kappa shape index (κ2) is 9.30. The number of fused-ring (bicyclic) bond motifs is 1. The van der Waals surface area contributed by atoms with Gasteiger partial charge in [0.2, 0.25) is 9.97 Å². The number of hydrogen-bond donors (Lipinski definition) is 1. The van der Waals surface area contributed by atoms with E-state index < -0.39 is 5.97 Å². The van der Waals surface area contributed by atoms with Crippen molar-refractivity contribution < 1.29 is 14.3 Å². The zero-order valence-electron chi connectivity index (χ0n) is 17.6. The SMILES string of the molecule is CCOC(=O)c1nn2c(-c3ccc(OC)c(SNc4ccc(C#N)cc4)c3)c(C)nc2s1. The molecule has 0 aliphatic rings. The summed E-state index contributed by atoms with van der Waals surface area (Å²) in [6.07, 6.45) is 0. The molecule has 1 N–H and O–H groups in total. The van der Waals surface area contributed by atoms with E-state index in [1.807, 2.05) is 37.3 Å². The zero-order chi connectivity index (χ0) is 22.7. The highest BCUT2D eigenvalue weighted by Gasteiger charge is 2.20. The number of carbonyl (C=O) groups is 1. The van der Waals surface area contributed by atoms with E-state index in [1.165, 1.54) is 23.3 Å². The molecule has 0 saturated carbocycles. The third-order valence-electron chi connectivity index (χ3n) is 4.56. The second-order valence-electron chi connectivity index (χ2n) is 6.63. The number of aromatic nitrogens is 3. The molecule has 32 heavy (non-hydrogen) atoms. The summed E-state index contributed by atoms with van der Waals surface area (Å²) in [5.41, 5.74) is 3.96. The summed E-state index contributed by atoms with van der Waals surface area (Å²) in [7, 11) is 1.62. The Morgan fingerprint density at radius 3 is 2.75 bits per heavy atom. The van der Waals surface area contributed by atoms with Crippen LogP contribution in [0.25, 0.3) is 16.2 Å². The van der Waals surface area contributed by atoms with E-state index in [1.54, 1.807) is 30.7 Å². The van der Waals surface area contributed by atoms with Crippen molar-refractivity contribution in [2.45, 2.75) is 18.7 Å². The molecule has 8 nitrogen and oxygen atoms in total. The minimum absolute atomic E-state index is 0.265. The third-order valence-corrected chi connectivity index (χ3v) is 6.32. The quantitative estimate of drug-likeness (QED) is 0.302. The standard InChI is InChI=1S/C22H19N5O3S2/c1-4-30-21(28)20-25-27-19(13(2)24-22(27)31-20)15-7-10-17(29-3)18(11-15)32-26-16-8-5-14(12-23)6-9-16/h5-11,26H,4H2,1-3H3. The Kier molecular flexibility index (Phi) is 6.30. The summed E-state index contributed by atoms with van der Waals surface area (Å²) in [4.78, 5) is 18.1. The normalized spacial score (nSPS) is 10.7. The molecule has 0 aliphatic heterocycles. The lowest BCUT2D eigenvalue weighted by Gasteiger charge is -2.12. The van der Waals surface area contributed by atoms with E-state index in [2.05, 4.69) is 20.9 Å². The maximum Gasteiger partial charge on any atom is 0.369 e. The van der Waals surface area contributed by atoms with Gasteiger partial charge in [0.25, 0.3) is 0 Å². The van der Waals surface area contributed by atoms with Crippen molar-refractivity contribution in [3.63, 3.8) is 0 Å². The van der Waals surface area contributed by atoms with Crippen LogP contribution in [-0.2, 0) is 4.74 Å². The number of methoxy groups -OCH3 is 1. The summed E-state index contributed by atoms with van der Waals surface area (Å²) < 4.78 is 15.5. The Balaban J connectivity index is 1.66. The zero-order valence-corrected chi connectivity index (χ0v) is 19.2. The number of ether oxygens (including phenoxy) is 2. The molecular formula is C22H19N5O3S2. The molecule has 0 radical (unpaired) electrons. The van der Waals surface area contributed by atoms with Crippen molar-refractivity contribution in [2.75, 3.05) is 18.4 Å². The molecule has 0 amide bonds. The van der Waals surface area contributed by atoms with Crippen LogP contribution in [0, 0.1) is 18.3 Å². The highest BCUT2D eigenvalue weighted by Crippen LogP contribution is 2.36. The highest BCUT2D eigenvalue weighted by molar-refractivity contribution is 8.00. The average molecular weight is 466 g/mol. The highest BCUT2D eigenvalue weighted by atomic mass is 32.2. The van der Waals surface area contributed by atoms with Crippen molar-refractivity contribution in [3.8, 4) is 23.1 Å². The first kappa shape index (κ1) is 21.7. The van der Waals surface area contributed by atoms with Crippen LogP contribution < -0.4 is 9.46 Å². The molecule has 10 heteroatoms. The molecule has 4 aromatic rings. The van der Waals surface area contributed by atoms with Gasteiger partial charge in [-0.1, -0.05) is 11.3 Å². The first-order valence-electron chi connectivity index (χ1n) is 9.68. The number of carbonyl (C=O) groups excluding carboxylic acids is 1. The van der Waals surface area contributed by atoms with Gasteiger partial charge in [-0.05, 0) is 68.3 Å². The van der Waals surface area contributed by atoms with Gasteiger partial charge in [0.1, 0.15) is 5.75 Å². The topological polar surface area (TPSA) is 102 Å². The largest absolute Gasteiger partial charge is 0.496 e. The van der Waals surface area contributed by atoms with Crippen molar-refractivity contribution in [3.05, 3.63) is 58.7 Å². The minimum Gasteiger partial charge on any atom is -0.496 e. The Morgan fingerprint density at radius 1 is 1.28 bits per heavy atom. The van der Waals surface area contributed by atoms with Gasteiger partial charge in [-0.3, -0.25) is 0 Å². The van der Waals surface area contributed by atoms with Gasteiger partial charge in [0, 0.05) is 11.3 Å². The fourth-order valence-corrected chi connectivity index (χ4v) is 4.73. The molecule has 0 spiro atoms. The molecule has 4 rings (SSSR count). The summed E-state index contributed by atoms with van der Waals surface area (Å²) in [5.74, 6) is 0.257. The molecule has 0 fully saturated rings. The van der Waals surface area contributed by atoms with Crippen LogP contribution in [0.1, 0.15) is 28.0 Å². The van der Waals surface area contributed by atoms with E-state index in [-0.39, 0.29) is 11.6 Å². The minimum atomic E-state index is -0.454. The lowest BCUT2D eigenvalue weighted by Crippen LogP contribution is -2.05. The predicted octanol–water partition coefficient (Wildman–Crippen LogP) is 4.94. The van der Waals surface area contributed by atoms with Gasteiger partial charge >= 0.3 is 5.97 Å². The number of aryl methyl sites for hydroxylation is 1. The maximum atomic E-state index is 12.1. The smallest absolute Gasteiger partial charge is 0.369 e. The Bertz CT molecular complexity index is 1320. The molecule has 0 aliphatic carbocycles. The Labute approximate surface area is 192 Å². The van der Waals surface area contributed by atoms with Gasteiger partial charge in [-0.15, -0.1) is 5.10 Å². The summed E-state index contributed by atoms with van der Waals surface area (Å²) in [5, 5.41) is 13.6. The van der Waals surface area contributed by atoms with Crippen molar-refractivity contribution in [1.29, 1.82) is 5.26 Å². The number of hydrogen-bond acceptors (Lipinski definition) is 9. The van der Waals surface area contributed by atoms with E-state index in [4.69, 9.17) is 14.7 Å². The number of rotatable bonds is 7. The summed E-state index contributed by atoms with van der Waals surface area (Å²) in [6, 6.07) is 15.1. The number of esters is 1. The van der Waals surface area contributed by atoms with E-state index in [0.29, 0.717) is 16.3 Å². The Hall–Kier alpha value is -3.55. The fourth-order valence-electron chi connectivity index (χ4n) is 3.09. The van der Waals surface area contributed by atoms with Gasteiger partial charge in [0.15, 0.2) is 0 Å². The summed E-state index contributed by atoms with van der Waals surface area (Å²) in [6.45, 7) is 3.96. The van der Waals surface area contributed by atoms with Crippen LogP contribution in [0.5, 0.6) is 5.75 Å². The summed E-state index contributed by atoms with van der Waals surface area (Å²) >= 11 is 2.60. The predicted molar refractivity (Wildman–Crippen MR) is 124 cm³/mol. The van der Waals surface area contributed by atoms with E-state index >= 15 is 0 Å². The molecule has 0 saturated heterocycles. The van der Waals surface area contributed by atoms with Crippen LogP contribution in [-0.4, -0.2) is 34.3 Å². The average Bonchev–Trinajstić information content (AvgIpc) is 3.34. The van der Waals surface area contributed by atoms with Gasteiger partial charge in [0.05, 0.1) is 41.6 Å². The molecule has 2 aromatic heterocycles. The molecule has 2 heterocycles. The molecule has 0 atom stereocenters. The van der Waals surface area contributed by atoms with Crippen LogP contribution in [0.3, 0.4) is 0 Å². The van der Waals surface area contributed by atoms with Gasteiger partial charge < -0.3 is 14.2 Å². The third kappa shape index (κ3) is 4.26. The van der Waals surface area contributed by atoms with Crippen LogP contribution >= 0.6 is 23.3 Å². The van der Waals surface area contributed by atoms with Crippen LogP contribution in [0.2, 0.25) is 0 Å². The van der Waals surface area contributed by atoms with Gasteiger partial charge in [-0.2, -0.15) is 5.26 Å². The van der Waals surface area contributed by atoms with Gasteiger partial charge in [-0.25, -0.2) is 14.3 Å². The number of nitrogens with zero attached hydrogens (tertiary/aromatic N) is 4. The molecule has 2 aromatic carbocycles. The molecule has 0 unspecified atom stereocenters. The number of anilines is 1. The fraction of sp³-hybridized carbons (Fsp3) is 0.182. The van der Waals surface area contributed by atoms with Crippen LogP contribution in [0.4, 0.5) is 5.69 Å². The lowest BCUT2D eigenvalue weighted by molar-refractivity contribution is 0.0524. The van der Waals surface area contributed by atoms with Crippen molar-refractivity contribution in [1.82, 2.24) is 14.6 Å². The number of benzene rings is 2. The number of imidazole rings is 1. The number of nitriles is 1. The van der Waals surface area contributed by atoms with E-state index in [9.17, 15) is 4.79 Å². The van der Waals surface area contributed by atoms with Crippen molar-refractivity contribution in [2.24, 2.45) is 0 Å².